The van der Waals surface area contributed by atoms with Crippen LogP contribution in [0.5, 0.6) is 0 Å². The maximum atomic E-state index is 10.7. The Morgan fingerprint density at radius 3 is 3.05 bits per heavy atom. The van der Waals surface area contributed by atoms with E-state index in [1.165, 1.54) is 6.33 Å². The fraction of sp³-hybridized carbons (Fsp3) is 0.615. The summed E-state index contributed by atoms with van der Waals surface area (Å²) in [6, 6.07) is 1.79. The van der Waals surface area contributed by atoms with Gasteiger partial charge in [-0.25, -0.2) is 9.97 Å². The second kappa shape index (κ2) is 6.51. The van der Waals surface area contributed by atoms with Crippen LogP contribution in [0, 0.1) is 5.92 Å². The molecule has 1 fully saturated rings. The largest absolute Gasteiger partial charge is 0.480 e. The molecule has 1 aromatic heterocycles. The predicted molar refractivity (Wildman–Crippen MR) is 75.0 cm³/mol. The molecule has 7 nitrogen and oxygen atoms in total. The van der Waals surface area contributed by atoms with Gasteiger partial charge in [-0.3, -0.25) is 4.79 Å². The summed E-state index contributed by atoms with van der Waals surface area (Å²) in [5.74, 6) is 0.749. The molecule has 1 saturated heterocycles. The first-order valence-corrected chi connectivity index (χ1v) is 6.71. The molecule has 20 heavy (non-hydrogen) atoms. The first-order chi connectivity index (χ1) is 9.60. The van der Waals surface area contributed by atoms with Crippen molar-refractivity contribution in [2.75, 3.05) is 43.1 Å². The van der Waals surface area contributed by atoms with Crippen molar-refractivity contribution in [1.82, 2.24) is 9.97 Å². The fourth-order valence-electron chi connectivity index (χ4n) is 2.42. The van der Waals surface area contributed by atoms with E-state index in [0.717, 1.165) is 31.7 Å². The van der Waals surface area contributed by atoms with E-state index in [-0.39, 0.29) is 19.1 Å². The van der Waals surface area contributed by atoms with Gasteiger partial charge in [0.15, 0.2) is 0 Å². The maximum Gasteiger partial charge on any atom is 0.323 e. The van der Waals surface area contributed by atoms with Gasteiger partial charge >= 0.3 is 5.97 Å². The van der Waals surface area contributed by atoms with Crippen molar-refractivity contribution in [2.45, 2.75) is 12.8 Å². The molecule has 0 aliphatic carbocycles. The molecular weight excluding hydrogens is 260 g/mol. The van der Waals surface area contributed by atoms with Gasteiger partial charge in [0.2, 0.25) is 0 Å². The normalized spacial score (nSPS) is 18.9. The van der Waals surface area contributed by atoms with Gasteiger partial charge in [-0.05, 0) is 18.8 Å². The lowest BCUT2D eigenvalue weighted by Crippen LogP contribution is -2.37. The third-order valence-corrected chi connectivity index (χ3v) is 3.50. The molecule has 7 heteroatoms. The Kier molecular flexibility index (Phi) is 4.73. The van der Waals surface area contributed by atoms with Crippen LogP contribution in [0.1, 0.15) is 12.8 Å². The van der Waals surface area contributed by atoms with Gasteiger partial charge in [-0.2, -0.15) is 0 Å². The zero-order valence-electron chi connectivity index (χ0n) is 11.6. The highest BCUT2D eigenvalue weighted by atomic mass is 16.4. The number of aliphatic hydroxyl groups is 1. The molecule has 2 heterocycles. The number of carboxylic acids is 1. The number of carbonyl (C=O) groups is 1. The molecule has 0 radical (unpaired) electrons. The standard InChI is InChI=1S/C13H20N4O3/c1-16(7-13(19)20)11-5-12(15-9-14-11)17-4-2-3-10(6-17)8-18/h5,9-10,18H,2-4,6-8H2,1H3,(H,19,20). The van der Waals surface area contributed by atoms with Crippen molar-refractivity contribution in [3.05, 3.63) is 12.4 Å². The van der Waals surface area contributed by atoms with Crippen molar-refractivity contribution in [2.24, 2.45) is 5.92 Å². The molecule has 2 N–H and O–H groups in total. The van der Waals surface area contributed by atoms with Gasteiger partial charge in [0.25, 0.3) is 0 Å². The number of likely N-dealkylation sites (N-methyl/N-ethyl adjacent to an activating group) is 1. The predicted octanol–water partition coefficient (Wildman–Crippen LogP) is 0.206. The summed E-state index contributed by atoms with van der Waals surface area (Å²) in [6.07, 6.45) is 3.50. The Morgan fingerprint density at radius 1 is 1.55 bits per heavy atom. The van der Waals surface area contributed by atoms with Crippen LogP contribution in [-0.4, -0.2) is 59.4 Å². The number of hydrogen-bond donors (Lipinski definition) is 2. The van der Waals surface area contributed by atoms with E-state index in [1.807, 2.05) is 0 Å². The summed E-state index contributed by atoms with van der Waals surface area (Å²) in [6.45, 7) is 1.76. The van der Waals surface area contributed by atoms with Gasteiger partial charge in [0, 0.05) is 32.8 Å². The van der Waals surface area contributed by atoms with Gasteiger partial charge in [-0.1, -0.05) is 0 Å². The lowest BCUT2D eigenvalue weighted by Gasteiger charge is -2.33. The van der Waals surface area contributed by atoms with Gasteiger partial charge in [0.05, 0.1) is 0 Å². The number of anilines is 2. The lowest BCUT2D eigenvalue weighted by atomic mass is 9.99. The smallest absolute Gasteiger partial charge is 0.323 e. The van der Waals surface area contributed by atoms with Crippen molar-refractivity contribution in [3.8, 4) is 0 Å². The van der Waals surface area contributed by atoms with E-state index in [9.17, 15) is 9.90 Å². The first kappa shape index (κ1) is 14.5. The number of piperidine rings is 1. The summed E-state index contributed by atoms with van der Waals surface area (Å²) >= 11 is 0. The van der Waals surface area contributed by atoms with Crippen LogP contribution in [0.2, 0.25) is 0 Å². The molecule has 2 rings (SSSR count). The summed E-state index contributed by atoms with van der Waals surface area (Å²) < 4.78 is 0. The van der Waals surface area contributed by atoms with E-state index in [2.05, 4.69) is 14.9 Å². The highest BCUT2D eigenvalue weighted by molar-refractivity contribution is 5.73. The third-order valence-electron chi connectivity index (χ3n) is 3.50. The van der Waals surface area contributed by atoms with Crippen LogP contribution >= 0.6 is 0 Å². The number of rotatable bonds is 5. The molecule has 1 aliphatic rings. The summed E-state index contributed by atoms with van der Waals surface area (Å²) in [4.78, 5) is 22.8. The minimum atomic E-state index is -0.897. The molecule has 0 spiro atoms. The van der Waals surface area contributed by atoms with Crippen molar-refractivity contribution in [3.63, 3.8) is 0 Å². The summed E-state index contributed by atoms with van der Waals surface area (Å²) in [5.41, 5.74) is 0. The van der Waals surface area contributed by atoms with E-state index >= 15 is 0 Å². The van der Waals surface area contributed by atoms with E-state index < -0.39 is 5.97 Å². The SMILES string of the molecule is CN(CC(=O)O)c1cc(N2CCCC(CO)C2)ncn1. The van der Waals surface area contributed by atoms with Gasteiger partial charge < -0.3 is 20.0 Å². The van der Waals surface area contributed by atoms with Crippen molar-refractivity contribution >= 4 is 17.6 Å². The van der Waals surface area contributed by atoms with Crippen LogP contribution < -0.4 is 9.80 Å². The summed E-state index contributed by atoms with van der Waals surface area (Å²) in [5, 5.41) is 18.1. The van der Waals surface area contributed by atoms with Gasteiger partial charge in [0.1, 0.15) is 24.5 Å². The molecule has 0 saturated carbocycles. The molecule has 0 amide bonds. The average molecular weight is 280 g/mol. The molecule has 110 valence electrons. The highest BCUT2D eigenvalue weighted by Crippen LogP contribution is 2.23. The number of aliphatic carboxylic acids is 1. The van der Waals surface area contributed by atoms with E-state index in [0.29, 0.717) is 5.82 Å². The first-order valence-electron chi connectivity index (χ1n) is 6.71. The van der Waals surface area contributed by atoms with Crippen molar-refractivity contribution < 1.29 is 15.0 Å². The Hall–Kier alpha value is -1.89. The highest BCUT2D eigenvalue weighted by Gasteiger charge is 2.21. The molecule has 1 aromatic rings. The van der Waals surface area contributed by atoms with Crippen LogP contribution in [0.4, 0.5) is 11.6 Å². The number of carboxylic acid groups (broad SMARTS) is 1. The maximum absolute atomic E-state index is 10.7. The quantitative estimate of drug-likeness (QED) is 0.796. The third kappa shape index (κ3) is 3.57. The van der Waals surface area contributed by atoms with Crippen molar-refractivity contribution in [1.29, 1.82) is 0 Å². The monoisotopic (exact) mass is 280 g/mol. The minimum Gasteiger partial charge on any atom is -0.480 e. The number of hydrogen-bond acceptors (Lipinski definition) is 6. The molecule has 1 aliphatic heterocycles. The van der Waals surface area contributed by atoms with Crippen LogP contribution in [0.3, 0.4) is 0 Å². The zero-order valence-corrected chi connectivity index (χ0v) is 11.6. The molecule has 0 bridgehead atoms. The minimum absolute atomic E-state index is 0.101. The number of aliphatic hydroxyl groups excluding tert-OH is 1. The number of nitrogens with zero attached hydrogens (tertiary/aromatic N) is 4. The Bertz CT molecular complexity index is 469. The molecule has 1 atom stereocenters. The Labute approximate surface area is 117 Å². The number of aromatic nitrogens is 2. The second-order valence-corrected chi connectivity index (χ2v) is 5.12. The van der Waals surface area contributed by atoms with Crippen LogP contribution in [0.25, 0.3) is 0 Å². The lowest BCUT2D eigenvalue weighted by molar-refractivity contribution is -0.135. The fourth-order valence-corrected chi connectivity index (χ4v) is 2.42. The van der Waals surface area contributed by atoms with E-state index in [4.69, 9.17) is 5.11 Å². The molecular formula is C13H20N4O3. The second-order valence-electron chi connectivity index (χ2n) is 5.12. The summed E-state index contributed by atoms with van der Waals surface area (Å²) in [7, 11) is 1.69. The topological polar surface area (TPSA) is 89.8 Å². The zero-order chi connectivity index (χ0) is 14.5. The average Bonchev–Trinajstić information content (AvgIpc) is 2.47. The van der Waals surface area contributed by atoms with E-state index in [1.54, 1.807) is 18.0 Å². The Morgan fingerprint density at radius 2 is 2.35 bits per heavy atom. The Balaban J connectivity index is 2.10. The van der Waals surface area contributed by atoms with Gasteiger partial charge in [-0.15, -0.1) is 0 Å². The van der Waals surface area contributed by atoms with Crippen LogP contribution in [0.15, 0.2) is 12.4 Å². The molecule has 0 aromatic carbocycles. The molecule has 1 unspecified atom stereocenters. The van der Waals surface area contributed by atoms with Crippen LogP contribution in [-0.2, 0) is 4.79 Å².